The van der Waals surface area contributed by atoms with Gasteiger partial charge in [0.05, 0.1) is 0 Å². The van der Waals surface area contributed by atoms with E-state index in [0.717, 1.165) is 17.8 Å². The van der Waals surface area contributed by atoms with Gasteiger partial charge in [-0.05, 0) is 37.0 Å². The van der Waals surface area contributed by atoms with Crippen molar-refractivity contribution >= 4 is 0 Å². The van der Waals surface area contributed by atoms with Crippen LogP contribution in [0.15, 0.2) is 0 Å². The maximum atomic E-state index is 6.25. The van der Waals surface area contributed by atoms with Gasteiger partial charge in [-0.2, -0.15) is 0 Å². The van der Waals surface area contributed by atoms with E-state index in [2.05, 4.69) is 6.92 Å². The third-order valence-corrected chi connectivity index (χ3v) is 4.26. The van der Waals surface area contributed by atoms with E-state index in [1.165, 1.54) is 44.9 Å². The first kappa shape index (κ1) is 9.51. The molecule has 2 aliphatic rings. The van der Waals surface area contributed by atoms with Crippen LogP contribution in [0.4, 0.5) is 0 Å². The number of hydrogen-bond acceptors (Lipinski definition) is 1. The van der Waals surface area contributed by atoms with E-state index in [1.54, 1.807) is 0 Å². The average molecular weight is 181 g/mol. The molecule has 2 fully saturated rings. The van der Waals surface area contributed by atoms with Crippen LogP contribution in [-0.2, 0) is 0 Å². The van der Waals surface area contributed by atoms with Gasteiger partial charge in [-0.3, -0.25) is 0 Å². The predicted molar refractivity (Wildman–Crippen MR) is 56.4 cm³/mol. The van der Waals surface area contributed by atoms with E-state index in [0.29, 0.717) is 6.04 Å². The van der Waals surface area contributed by atoms with Gasteiger partial charge < -0.3 is 5.73 Å². The molecule has 2 saturated carbocycles. The summed E-state index contributed by atoms with van der Waals surface area (Å²) in [6, 6.07) is 0.512. The molecule has 0 saturated heterocycles. The molecular formula is C12H23N. The Kier molecular flexibility index (Phi) is 2.92. The molecule has 1 heteroatoms. The van der Waals surface area contributed by atoms with Gasteiger partial charge in [0.1, 0.15) is 0 Å². The highest BCUT2D eigenvalue weighted by atomic mass is 14.7. The molecule has 0 radical (unpaired) electrons. The molecule has 2 bridgehead atoms. The molecule has 0 aromatic rings. The summed E-state index contributed by atoms with van der Waals surface area (Å²) in [6.45, 7) is 2.31. The molecule has 0 amide bonds. The smallest absolute Gasteiger partial charge is 0.00698 e. The van der Waals surface area contributed by atoms with Gasteiger partial charge in [-0.25, -0.2) is 0 Å². The fraction of sp³-hybridized carbons (Fsp3) is 1.00. The summed E-state index contributed by atoms with van der Waals surface area (Å²) in [4.78, 5) is 0. The second-order valence-electron chi connectivity index (χ2n) is 5.20. The van der Waals surface area contributed by atoms with Crippen LogP contribution in [0.3, 0.4) is 0 Å². The Morgan fingerprint density at radius 3 is 2.46 bits per heavy atom. The van der Waals surface area contributed by atoms with Crippen LogP contribution in [-0.4, -0.2) is 6.04 Å². The Balaban J connectivity index is 2.03. The van der Waals surface area contributed by atoms with Crippen LogP contribution in [0.2, 0.25) is 0 Å². The van der Waals surface area contributed by atoms with E-state index in [1.807, 2.05) is 0 Å². The quantitative estimate of drug-likeness (QED) is 0.661. The SMILES string of the molecule is CCC1CC2CCCC(C2)CC1N. The van der Waals surface area contributed by atoms with E-state index in [9.17, 15) is 0 Å². The number of hydrogen-bond donors (Lipinski definition) is 1. The first-order valence-electron chi connectivity index (χ1n) is 6.05. The van der Waals surface area contributed by atoms with Crippen LogP contribution in [0, 0.1) is 17.8 Å². The van der Waals surface area contributed by atoms with Crippen LogP contribution in [0.5, 0.6) is 0 Å². The zero-order valence-corrected chi connectivity index (χ0v) is 8.84. The fourth-order valence-corrected chi connectivity index (χ4v) is 3.48. The molecular weight excluding hydrogens is 158 g/mol. The van der Waals surface area contributed by atoms with Gasteiger partial charge >= 0.3 is 0 Å². The molecule has 2 N–H and O–H groups in total. The lowest BCUT2D eigenvalue weighted by Crippen LogP contribution is -2.30. The van der Waals surface area contributed by atoms with Crippen LogP contribution >= 0.6 is 0 Å². The molecule has 4 atom stereocenters. The van der Waals surface area contributed by atoms with Crippen molar-refractivity contribution in [3.63, 3.8) is 0 Å². The van der Waals surface area contributed by atoms with Crippen LogP contribution < -0.4 is 5.73 Å². The molecule has 0 heterocycles. The molecule has 2 rings (SSSR count). The normalized spacial score (nSPS) is 45.7. The van der Waals surface area contributed by atoms with Gasteiger partial charge in [0.25, 0.3) is 0 Å². The fourth-order valence-electron chi connectivity index (χ4n) is 3.48. The van der Waals surface area contributed by atoms with Crippen molar-refractivity contribution < 1.29 is 0 Å². The summed E-state index contributed by atoms with van der Waals surface area (Å²) in [5.41, 5.74) is 6.25. The molecule has 4 unspecified atom stereocenters. The third-order valence-electron chi connectivity index (χ3n) is 4.26. The Morgan fingerprint density at radius 2 is 1.77 bits per heavy atom. The predicted octanol–water partition coefficient (Wildman–Crippen LogP) is 2.94. The largest absolute Gasteiger partial charge is 0.327 e. The maximum absolute atomic E-state index is 6.25. The second-order valence-corrected chi connectivity index (χ2v) is 5.20. The van der Waals surface area contributed by atoms with Crippen molar-refractivity contribution in [2.75, 3.05) is 0 Å². The Morgan fingerprint density at radius 1 is 1.08 bits per heavy atom. The number of fused-ring (bicyclic) bond motifs is 2. The highest BCUT2D eigenvalue weighted by Crippen LogP contribution is 2.40. The Hall–Kier alpha value is -0.0400. The van der Waals surface area contributed by atoms with Crippen molar-refractivity contribution in [1.82, 2.24) is 0 Å². The minimum absolute atomic E-state index is 0.512. The molecule has 1 nitrogen and oxygen atoms in total. The average Bonchev–Trinajstić information content (AvgIpc) is 2.23. The van der Waals surface area contributed by atoms with Crippen molar-refractivity contribution in [2.45, 2.75) is 57.9 Å². The molecule has 13 heavy (non-hydrogen) atoms. The Labute approximate surface area is 82.1 Å². The summed E-state index contributed by atoms with van der Waals surface area (Å²) < 4.78 is 0. The highest BCUT2D eigenvalue weighted by Gasteiger charge is 2.32. The van der Waals surface area contributed by atoms with Gasteiger partial charge in [0.15, 0.2) is 0 Å². The van der Waals surface area contributed by atoms with E-state index in [4.69, 9.17) is 5.73 Å². The van der Waals surface area contributed by atoms with Crippen molar-refractivity contribution in [1.29, 1.82) is 0 Å². The molecule has 0 aliphatic heterocycles. The third kappa shape index (κ3) is 2.07. The standard InChI is InChI=1S/C12H23N/c1-2-11-7-9-4-3-5-10(6-9)8-12(11)13/h9-12H,2-8,13H2,1H3. The minimum atomic E-state index is 0.512. The number of rotatable bonds is 1. The van der Waals surface area contributed by atoms with E-state index >= 15 is 0 Å². The minimum Gasteiger partial charge on any atom is -0.327 e. The van der Waals surface area contributed by atoms with Crippen LogP contribution in [0.1, 0.15) is 51.9 Å². The summed E-state index contributed by atoms with van der Waals surface area (Å²) in [5.74, 6) is 2.83. The summed E-state index contributed by atoms with van der Waals surface area (Å²) in [6.07, 6.45) is 9.94. The molecule has 76 valence electrons. The van der Waals surface area contributed by atoms with Crippen molar-refractivity contribution in [3.8, 4) is 0 Å². The second kappa shape index (κ2) is 4.00. The number of nitrogens with two attached hydrogens (primary N) is 1. The lowest BCUT2D eigenvalue weighted by Gasteiger charge is -2.26. The lowest BCUT2D eigenvalue weighted by atomic mass is 9.80. The van der Waals surface area contributed by atoms with E-state index < -0.39 is 0 Å². The molecule has 2 aliphatic carbocycles. The monoisotopic (exact) mass is 181 g/mol. The van der Waals surface area contributed by atoms with Crippen LogP contribution in [0.25, 0.3) is 0 Å². The van der Waals surface area contributed by atoms with Crippen molar-refractivity contribution in [2.24, 2.45) is 23.5 Å². The van der Waals surface area contributed by atoms with E-state index in [-0.39, 0.29) is 0 Å². The Bertz CT molecular complexity index is 167. The summed E-state index contributed by atoms with van der Waals surface area (Å²) >= 11 is 0. The van der Waals surface area contributed by atoms with Gasteiger partial charge in [-0.15, -0.1) is 0 Å². The first-order valence-corrected chi connectivity index (χ1v) is 6.05. The molecule has 0 aromatic carbocycles. The summed E-state index contributed by atoms with van der Waals surface area (Å²) in [5, 5.41) is 0. The highest BCUT2D eigenvalue weighted by molar-refractivity contribution is 4.86. The summed E-state index contributed by atoms with van der Waals surface area (Å²) in [7, 11) is 0. The van der Waals surface area contributed by atoms with Gasteiger partial charge in [0.2, 0.25) is 0 Å². The zero-order chi connectivity index (χ0) is 9.26. The lowest BCUT2D eigenvalue weighted by molar-refractivity contribution is 0.263. The topological polar surface area (TPSA) is 26.0 Å². The zero-order valence-electron chi connectivity index (χ0n) is 8.84. The first-order chi connectivity index (χ1) is 6.29. The van der Waals surface area contributed by atoms with Gasteiger partial charge in [0, 0.05) is 6.04 Å². The molecule has 0 spiro atoms. The maximum Gasteiger partial charge on any atom is 0.00698 e. The molecule has 0 aromatic heterocycles. The van der Waals surface area contributed by atoms with Gasteiger partial charge in [-0.1, -0.05) is 32.6 Å². The van der Waals surface area contributed by atoms with Crippen molar-refractivity contribution in [3.05, 3.63) is 0 Å².